The number of nitrogens with one attached hydrogen (secondary N) is 1. The van der Waals surface area contributed by atoms with E-state index in [1.807, 2.05) is 6.08 Å². The number of amides is 1. The minimum absolute atomic E-state index is 0.0530. The van der Waals surface area contributed by atoms with Gasteiger partial charge in [-0.15, -0.1) is 0 Å². The molecule has 0 aliphatic carbocycles. The Labute approximate surface area is 340 Å². The fraction of sp³-hybridized carbons (Fsp3) is 0.796. The third kappa shape index (κ3) is 38.5. The van der Waals surface area contributed by atoms with Crippen LogP contribution in [0.2, 0.25) is 0 Å². The Hall–Kier alpha value is -2.18. The minimum atomic E-state index is -0.795. The van der Waals surface area contributed by atoms with E-state index in [9.17, 15) is 19.8 Å². The van der Waals surface area contributed by atoms with E-state index in [4.69, 9.17) is 4.74 Å². The summed E-state index contributed by atoms with van der Waals surface area (Å²) in [6, 6.07) is -0.711. The van der Waals surface area contributed by atoms with Gasteiger partial charge in [0, 0.05) is 6.42 Å². The summed E-state index contributed by atoms with van der Waals surface area (Å²) in [6.07, 6.45) is 50.2. The Balaban J connectivity index is 4.70. The van der Waals surface area contributed by atoms with Gasteiger partial charge in [-0.2, -0.15) is 0 Å². The van der Waals surface area contributed by atoms with Crippen LogP contribution in [0.25, 0.3) is 0 Å². The Kier molecular flexibility index (Phi) is 41.2. The molecular formula is C49H89NO5. The van der Waals surface area contributed by atoms with Gasteiger partial charge in [0.15, 0.2) is 0 Å². The molecule has 55 heavy (non-hydrogen) atoms. The maximum atomic E-state index is 13.1. The molecule has 0 aromatic carbocycles. The number of carbonyl (C=O) groups is 2. The van der Waals surface area contributed by atoms with Crippen molar-refractivity contribution < 1.29 is 24.5 Å². The smallest absolute Gasteiger partial charge is 0.306 e. The molecular weight excluding hydrogens is 683 g/mol. The van der Waals surface area contributed by atoms with Crippen LogP contribution < -0.4 is 5.32 Å². The van der Waals surface area contributed by atoms with Gasteiger partial charge in [0.05, 0.1) is 25.2 Å². The second kappa shape index (κ2) is 43.0. The van der Waals surface area contributed by atoms with Crippen LogP contribution in [0.5, 0.6) is 0 Å². The van der Waals surface area contributed by atoms with Gasteiger partial charge in [0.25, 0.3) is 0 Å². The first kappa shape index (κ1) is 52.8. The molecule has 3 N–H and O–H groups in total. The van der Waals surface area contributed by atoms with E-state index in [0.29, 0.717) is 19.3 Å². The third-order valence-corrected chi connectivity index (χ3v) is 10.5. The largest absolute Gasteiger partial charge is 0.462 e. The Morgan fingerprint density at radius 1 is 0.527 bits per heavy atom. The number of hydrogen-bond donors (Lipinski definition) is 3. The van der Waals surface area contributed by atoms with Gasteiger partial charge in [0.1, 0.15) is 6.10 Å². The quantitative estimate of drug-likeness (QED) is 0.0327. The fourth-order valence-corrected chi connectivity index (χ4v) is 6.91. The highest BCUT2D eigenvalue weighted by molar-refractivity contribution is 5.77. The molecule has 0 radical (unpaired) electrons. The number of esters is 1. The van der Waals surface area contributed by atoms with Crippen molar-refractivity contribution in [1.29, 1.82) is 0 Å². The molecule has 3 atom stereocenters. The van der Waals surface area contributed by atoms with Crippen LogP contribution >= 0.6 is 0 Å². The van der Waals surface area contributed by atoms with E-state index < -0.39 is 18.2 Å². The monoisotopic (exact) mass is 772 g/mol. The maximum Gasteiger partial charge on any atom is 0.306 e. The predicted octanol–water partition coefficient (Wildman–Crippen LogP) is 13.5. The summed E-state index contributed by atoms with van der Waals surface area (Å²) < 4.78 is 5.88. The lowest BCUT2D eigenvalue weighted by atomic mass is 10.0. The average molecular weight is 772 g/mol. The number of rotatable bonds is 41. The third-order valence-electron chi connectivity index (χ3n) is 10.5. The highest BCUT2D eigenvalue weighted by Gasteiger charge is 2.24. The molecule has 3 unspecified atom stereocenters. The molecule has 0 bridgehead atoms. The molecule has 6 heteroatoms. The maximum absolute atomic E-state index is 13.1. The molecule has 0 saturated carbocycles. The zero-order valence-electron chi connectivity index (χ0n) is 36.3. The number of aliphatic hydroxyl groups is 2. The van der Waals surface area contributed by atoms with Crippen molar-refractivity contribution in [3.05, 3.63) is 48.6 Å². The van der Waals surface area contributed by atoms with E-state index >= 15 is 0 Å². The number of hydrogen-bond acceptors (Lipinski definition) is 5. The van der Waals surface area contributed by atoms with Crippen LogP contribution in [-0.4, -0.2) is 46.9 Å². The number of allylic oxidation sites excluding steroid dienone is 8. The van der Waals surface area contributed by atoms with Crippen molar-refractivity contribution in [2.75, 3.05) is 6.61 Å². The van der Waals surface area contributed by atoms with Gasteiger partial charge >= 0.3 is 5.97 Å². The summed E-state index contributed by atoms with van der Waals surface area (Å²) >= 11 is 0. The van der Waals surface area contributed by atoms with Gasteiger partial charge in [0.2, 0.25) is 5.91 Å². The number of unbranched alkanes of at least 4 members (excludes halogenated alkanes) is 24. The van der Waals surface area contributed by atoms with Crippen molar-refractivity contribution in [2.24, 2.45) is 0 Å². The molecule has 0 aliphatic heterocycles. The minimum Gasteiger partial charge on any atom is -0.462 e. The topological polar surface area (TPSA) is 95.9 Å². The van der Waals surface area contributed by atoms with E-state index in [2.05, 4.69) is 68.6 Å². The van der Waals surface area contributed by atoms with Crippen molar-refractivity contribution in [2.45, 2.75) is 244 Å². The second-order valence-corrected chi connectivity index (χ2v) is 15.9. The van der Waals surface area contributed by atoms with E-state index in [-0.39, 0.29) is 24.9 Å². The molecule has 6 nitrogen and oxygen atoms in total. The standard InChI is InChI=1S/C49H89NO5/c1-4-7-10-13-16-19-22-23-24-25-26-27-28-31-34-37-40-45(55-49(54)42-39-36-33-30-21-18-15-12-9-6-3)43-48(53)50-46(44-51)47(52)41-38-35-32-29-20-17-14-11-8-5-2/h16,19,22-27,45-47,51-52H,4-15,17-18,20-21,28-44H2,1-3H3,(H,50,53)/b19-16+,23-22+,25-24+,27-26+. The lowest BCUT2D eigenvalue weighted by Gasteiger charge is -2.24. The zero-order chi connectivity index (χ0) is 40.3. The first-order valence-corrected chi connectivity index (χ1v) is 23.4. The molecule has 0 fully saturated rings. The number of aliphatic hydroxyl groups excluding tert-OH is 2. The van der Waals surface area contributed by atoms with Crippen LogP contribution in [-0.2, 0) is 14.3 Å². The molecule has 0 aromatic heterocycles. The highest BCUT2D eigenvalue weighted by Crippen LogP contribution is 2.17. The zero-order valence-corrected chi connectivity index (χ0v) is 36.3. The van der Waals surface area contributed by atoms with E-state index in [1.165, 1.54) is 109 Å². The van der Waals surface area contributed by atoms with Gasteiger partial charge in [-0.3, -0.25) is 9.59 Å². The lowest BCUT2D eigenvalue weighted by Crippen LogP contribution is -2.46. The molecule has 0 aromatic rings. The first-order valence-electron chi connectivity index (χ1n) is 23.4. The van der Waals surface area contributed by atoms with Crippen molar-refractivity contribution in [3.8, 4) is 0 Å². The van der Waals surface area contributed by atoms with Crippen LogP contribution in [0.3, 0.4) is 0 Å². The second-order valence-electron chi connectivity index (χ2n) is 15.9. The van der Waals surface area contributed by atoms with Crippen molar-refractivity contribution in [3.63, 3.8) is 0 Å². The van der Waals surface area contributed by atoms with Gasteiger partial charge in [-0.25, -0.2) is 0 Å². The summed E-state index contributed by atoms with van der Waals surface area (Å²) in [4.78, 5) is 26.0. The molecule has 1 amide bonds. The van der Waals surface area contributed by atoms with E-state index in [1.54, 1.807) is 0 Å². The molecule has 0 heterocycles. The van der Waals surface area contributed by atoms with Gasteiger partial charge in [-0.05, 0) is 51.4 Å². The van der Waals surface area contributed by atoms with Crippen molar-refractivity contribution >= 4 is 11.9 Å². The lowest BCUT2D eigenvalue weighted by molar-refractivity contribution is -0.151. The normalized spacial score (nSPS) is 13.8. The first-order chi connectivity index (χ1) is 27.0. The summed E-state index contributed by atoms with van der Waals surface area (Å²) in [6.45, 7) is 6.40. The summed E-state index contributed by atoms with van der Waals surface area (Å²) in [7, 11) is 0. The SMILES string of the molecule is CCCCC/C=C/C=C/C=C/C=C/CCCCCC(CC(=O)NC(CO)C(O)CCCCCCCCCCCC)OC(=O)CCCCCCCCCCCC. The van der Waals surface area contributed by atoms with Crippen LogP contribution in [0, 0.1) is 0 Å². The fourth-order valence-electron chi connectivity index (χ4n) is 6.91. The van der Waals surface area contributed by atoms with Gasteiger partial charge < -0.3 is 20.3 Å². The van der Waals surface area contributed by atoms with Crippen molar-refractivity contribution in [1.82, 2.24) is 5.32 Å². The summed E-state index contributed by atoms with van der Waals surface area (Å²) in [5.74, 6) is -0.513. The van der Waals surface area contributed by atoms with Crippen LogP contribution in [0.15, 0.2) is 48.6 Å². The molecule has 0 spiro atoms. The number of carbonyl (C=O) groups excluding carboxylic acids is 2. The average Bonchev–Trinajstić information content (AvgIpc) is 3.18. The Bertz CT molecular complexity index is 957. The van der Waals surface area contributed by atoms with Crippen LogP contribution in [0.1, 0.15) is 226 Å². The van der Waals surface area contributed by atoms with Crippen LogP contribution in [0.4, 0.5) is 0 Å². The number of ether oxygens (including phenoxy) is 1. The predicted molar refractivity (Wildman–Crippen MR) is 236 cm³/mol. The highest BCUT2D eigenvalue weighted by atomic mass is 16.5. The molecule has 0 saturated heterocycles. The Morgan fingerprint density at radius 3 is 1.44 bits per heavy atom. The molecule has 320 valence electrons. The van der Waals surface area contributed by atoms with Gasteiger partial charge in [-0.1, -0.05) is 211 Å². The summed E-state index contributed by atoms with van der Waals surface area (Å²) in [5, 5.41) is 23.6. The van der Waals surface area contributed by atoms with E-state index in [0.717, 1.165) is 70.6 Å². The summed E-state index contributed by atoms with van der Waals surface area (Å²) in [5.41, 5.74) is 0. The molecule has 0 rings (SSSR count). The Morgan fingerprint density at radius 2 is 0.927 bits per heavy atom. The molecule has 0 aliphatic rings.